The Labute approximate surface area is 106 Å². The zero-order chi connectivity index (χ0) is 13.2. The van der Waals surface area contributed by atoms with E-state index in [4.69, 9.17) is 0 Å². The van der Waals surface area contributed by atoms with E-state index in [0.717, 1.165) is 11.4 Å². The van der Waals surface area contributed by atoms with Gasteiger partial charge in [-0.05, 0) is 32.9 Å². The van der Waals surface area contributed by atoms with Crippen LogP contribution in [0, 0.1) is 0 Å². The molecular formula is C13H18N4O. The van der Waals surface area contributed by atoms with Crippen LogP contribution in [0.1, 0.15) is 26.5 Å². The number of rotatable bonds is 3. The van der Waals surface area contributed by atoms with E-state index >= 15 is 0 Å². The maximum absolute atomic E-state index is 9.35. The lowest BCUT2D eigenvalue weighted by Crippen LogP contribution is -2.22. The smallest absolute Gasteiger partial charge is 0.117 e. The minimum atomic E-state index is -0.0593. The molecule has 18 heavy (non-hydrogen) atoms. The predicted octanol–water partition coefficient (Wildman–Crippen LogP) is 2.35. The number of phenols is 1. The van der Waals surface area contributed by atoms with Crippen LogP contribution < -0.4 is 5.32 Å². The Morgan fingerprint density at radius 1 is 1.33 bits per heavy atom. The van der Waals surface area contributed by atoms with Gasteiger partial charge in [0.15, 0.2) is 0 Å². The molecule has 0 fully saturated rings. The zero-order valence-corrected chi connectivity index (χ0v) is 10.9. The number of phenolic OH excluding ortho intramolecular Hbond substituents is 1. The van der Waals surface area contributed by atoms with Gasteiger partial charge < -0.3 is 10.4 Å². The first-order valence-corrected chi connectivity index (χ1v) is 5.90. The summed E-state index contributed by atoms with van der Waals surface area (Å²) in [6.45, 7) is 6.82. The van der Waals surface area contributed by atoms with Gasteiger partial charge in [0.05, 0.1) is 18.3 Å². The fourth-order valence-electron chi connectivity index (χ4n) is 1.52. The normalized spacial score (nSPS) is 11.5. The summed E-state index contributed by atoms with van der Waals surface area (Å²) in [5.74, 6) is 0.248. The molecule has 0 radical (unpaired) electrons. The van der Waals surface area contributed by atoms with Crippen molar-refractivity contribution >= 4 is 5.69 Å². The molecule has 0 unspecified atom stereocenters. The summed E-state index contributed by atoms with van der Waals surface area (Å²) >= 11 is 0. The van der Waals surface area contributed by atoms with Crippen molar-refractivity contribution in [2.45, 2.75) is 32.9 Å². The number of nitrogens with one attached hydrogen (secondary N) is 1. The second kappa shape index (κ2) is 4.68. The van der Waals surface area contributed by atoms with Crippen LogP contribution in [0.2, 0.25) is 0 Å². The molecule has 0 spiro atoms. The minimum Gasteiger partial charge on any atom is -0.508 e. The molecule has 1 aromatic heterocycles. The molecule has 0 atom stereocenters. The average molecular weight is 246 g/mol. The van der Waals surface area contributed by atoms with E-state index < -0.39 is 0 Å². The van der Waals surface area contributed by atoms with E-state index in [-0.39, 0.29) is 11.3 Å². The zero-order valence-electron chi connectivity index (χ0n) is 10.9. The van der Waals surface area contributed by atoms with E-state index in [9.17, 15) is 5.11 Å². The van der Waals surface area contributed by atoms with Crippen LogP contribution in [0.25, 0.3) is 0 Å². The summed E-state index contributed by atoms with van der Waals surface area (Å²) in [6, 6.07) is 7.01. The largest absolute Gasteiger partial charge is 0.508 e. The standard InChI is InChI=1S/C13H18N4O/c1-13(2,3)17-9-11(15-16-17)8-14-10-5-4-6-12(18)7-10/h4-7,9,14,18H,8H2,1-3H3. The van der Waals surface area contributed by atoms with E-state index in [1.807, 2.05) is 16.9 Å². The van der Waals surface area contributed by atoms with Crippen LogP contribution in [0.5, 0.6) is 5.75 Å². The Morgan fingerprint density at radius 2 is 2.11 bits per heavy atom. The number of aromatic hydroxyl groups is 1. The van der Waals surface area contributed by atoms with Gasteiger partial charge in [0.1, 0.15) is 11.4 Å². The molecule has 0 saturated heterocycles. The topological polar surface area (TPSA) is 63.0 Å². The van der Waals surface area contributed by atoms with Crippen molar-refractivity contribution in [2.75, 3.05) is 5.32 Å². The van der Waals surface area contributed by atoms with Crippen LogP contribution in [0.3, 0.4) is 0 Å². The number of hydrogen-bond donors (Lipinski definition) is 2. The second-order valence-corrected chi connectivity index (χ2v) is 5.23. The molecule has 0 aliphatic heterocycles. The van der Waals surface area contributed by atoms with E-state index in [2.05, 4.69) is 36.4 Å². The SMILES string of the molecule is CC(C)(C)n1cc(CNc2cccc(O)c2)nn1. The monoisotopic (exact) mass is 246 g/mol. The maximum atomic E-state index is 9.35. The van der Waals surface area contributed by atoms with Crippen LogP contribution in [0.15, 0.2) is 30.5 Å². The first-order valence-electron chi connectivity index (χ1n) is 5.90. The van der Waals surface area contributed by atoms with E-state index in [1.54, 1.807) is 18.2 Å². The second-order valence-electron chi connectivity index (χ2n) is 5.23. The van der Waals surface area contributed by atoms with Gasteiger partial charge in [-0.15, -0.1) is 5.10 Å². The van der Waals surface area contributed by atoms with E-state index in [0.29, 0.717) is 6.54 Å². The van der Waals surface area contributed by atoms with Gasteiger partial charge in [0.2, 0.25) is 0 Å². The van der Waals surface area contributed by atoms with Crippen LogP contribution in [0.4, 0.5) is 5.69 Å². The Bertz CT molecular complexity index is 528. The van der Waals surface area contributed by atoms with Crippen molar-refractivity contribution in [2.24, 2.45) is 0 Å². The first kappa shape index (κ1) is 12.4. The van der Waals surface area contributed by atoms with Crippen molar-refractivity contribution in [3.63, 3.8) is 0 Å². The molecule has 0 bridgehead atoms. The lowest BCUT2D eigenvalue weighted by atomic mass is 10.1. The molecule has 96 valence electrons. The maximum Gasteiger partial charge on any atom is 0.117 e. The molecule has 5 nitrogen and oxygen atoms in total. The fourth-order valence-corrected chi connectivity index (χ4v) is 1.52. The van der Waals surface area contributed by atoms with Crippen molar-refractivity contribution < 1.29 is 5.11 Å². The minimum absolute atomic E-state index is 0.0593. The highest BCUT2D eigenvalue weighted by Crippen LogP contribution is 2.16. The van der Waals surface area contributed by atoms with Gasteiger partial charge in [-0.1, -0.05) is 11.3 Å². The number of hydrogen-bond acceptors (Lipinski definition) is 4. The van der Waals surface area contributed by atoms with Crippen LogP contribution >= 0.6 is 0 Å². The third kappa shape index (κ3) is 3.00. The van der Waals surface area contributed by atoms with Gasteiger partial charge >= 0.3 is 0 Å². The fraction of sp³-hybridized carbons (Fsp3) is 0.385. The number of nitrogens with zero attached hydrogens (tertiary/aromatic N) is 3. The first-order chi connectivity index (χ1) is 8.45. The Kier molecular flexibility index (Phi) is 3.23. The van der Waals surface area contributed by atoms with Crippen LogP contribution in [-0.2, 0) is 12.1 Å². The van der Waals surface area contributed by atoms with Gasteiger partial charge in [0, 0.05) is 11.8 Å². The molecule has 5 heteroatoms. The van der Waals surface area contributed by atoms with Gasteiger partial charge in [-0.25, -0.2) is 4.68 Å². The van der Waals surface area contributed by atoms with Crippen molar-refractivity contribution in [3.05, 3.63) is 36.2 Å². The number of aromatic nitrogens is 3. The summed E-state index contributed by atoms with van der Waals surface area (Å²) < 4.78 is 1.84. The Balaban J connectivity index is 2.01. The summed E-state index contributed by atoms with van der Waals surface area (Å²) in [5, 5.41) is 20.7. The molecule has 0 aliphatic carbocycles. The molecule has 2 N–H and O–H groups in total. The summed E-state index contributed by atoms with van der Waals surface area (Å²) in [5.41, 5.74) is 1.67. The summed E-state index contributed by atoms with van der Waals surface area (Å²) in [4.78, 5) is 0. The summed E-state index contributed by atoms with van der Waals surface area (Å²) in [7, 11) is 0. The quantitative estimate of drug-likeness (QED) is 0.872. The van der Waals surface area contributed by atoms with Crippen molar-refractivity contribution in [1.29, 1.82) is 0 Å². The average Bonchev–Trinajstić information content (AvgIpc) is 2.74. The lowest BCUT2D eigenvalue weighted by molar-refractivity contribution is 0.347. The molecule has 0 aliphatic rings. The third-order valence-electron chi connectivity index (χ3n) is 2.55. The van der Waals surface area contributed by atoms with Gasteiger partial charge in [-0.2, -0.15) is 0 Å². The highest BCUT2D eigenvalue weighted by atomic mass is 16.3. The van der Waals surface area contributed by atoms with Crippen molar-refractivity contribution in [1.82, 2.24) is 15.0 Å². The molecule has 1 heterocycles. The Hall–Kier alpha value is -2.04. The highest BCUT2D eigenvalue weighted by Gasteiger charge is 2.14. The van der Waals surface area contributed by atoms with Crippen molar-refractivity contribution in [3.8, 4) is 5.75 Å². The lowest BCUT2D eigenvalue weighted by Gasteiger charge is -2.17. The molecule has 0 saturated carbocycles. The molecular weight excluding hydrogens is 228 g/mol. The molecule has 2 aromatic rings. The van der Waals surface area contributed by atoms with Crippen LogP contribution in [-0.4, -0.2) is 20.1 Å². The highest BCUT2D eigenvalue weighted by molar-refractivity contribution is 5.47. The van der Waals surface area contributed by atoms with Gasteiger partial charge in [-0.3, -0.25) is 0 Å². The summed E-state index contributed by atoms with van der Waals surface area (Å²) in [6.07, 6.45) is 1.93. The Morgan fingerprint density at radius 3 is 2.72 bits per heavy atom. The predicted molar refractivity (Wildman–Crippen MR) is 70.5 cm³/mol. The molecule has 2 rings (SSSR count). The number of anilines is 1. The molecule has 1 aromatic carbocycles. The number of benzene rings is 1. The van der Waals surface area contributed by atoms with E-state index in [1.165, 1.54) is 0 Å². The third-order valence-corrected chi connectivity index (χ3v) is 2.55. The van der Waals surface area contributed by atoms with Gasteiger partial charge in [0.25, 0.3) is 0 Å². The molecule has 0 amide bonds.